The number of rotatable bonds is 8. The molecule has 0 amide bonds. The van der Waals surface area contributed by atoms with E-state index in [-0.39, 0.29) is 30.4 Å². The molecule has 1 aliphatic rings. The molecule has 0 bridgehead atoms. The number of nitrogens with zero attached hydrogens (tertiary/aromatic N) is 2. The highest BCUT2D eigenvalue weighted by molar-refractivity contribution is 6.30. The molecule has 1 N–H and O–H groups in total. The van der Waals surface area contributed by atoms with Crippen molar-refractivity contribution >= 4 is 17.6 Å². The van der Waals surface area contributed by atoms with Crippen LogP contribution in [0.25, 0.3) is 0 Å². The second-order valence-electron chi connectivity index (χ2n) is 7.08. The van der Waals surface area contributed by atoms with Gasteiger partial charge in [-0.2, -0.15) is 0 Å². The molecular formula is C21H25ClN2O4. The van der Waals surface area contributed by atoms with E-state index in [9.17, 15) is 10.0 Å². The van der Waals surface area contributed by atoms with Crippen molar-refractivity contribution in [2.24, 2.45) is 0 Å². The quantitative estimate of drug-likeness (QED) is 0.415. The summed E-state index contributed by atoms with van der Waals surface area (Å²) in [7, 11) is 0. The third kappa shape index (κ3) is 5.53. The van der Waals surface area contributed by atoms with Gasteiger partial charge in [0, 0.05) is 18.1 Å². The van der Waals surface area contributed by atoms with Crippen LogP contribution in [0.4, 0.5) is 0 Å². The van der Waals surface area contributed by atoms with Crippen LogP contribution in [0.1, 0.15) is 17.2 Å². The van der Waals surface area contributed by atoms with Crippen LogP contribution < -0.4 is 0 Å². The molecule has 1 unspecified atom stereocenters. The maximum Gasteiger partial charge on any atom is 0.329 e. The summed E-state index contributed by atoms with van der Waals surface area (Å²) < 4.78 is 4.70. The second kappa shape index (κ2) is 9.49. The average molecular weight is 405 g/mol. The molecule has 7 heteroatoms. The van der Waals surface area contributed by atoms with Gasteiger partial charge in [0.15, 0.2) is 0 Å². The van der Waals surface area contributed by atoms with Crippen LogP contribution in [-0.2, 0) is 9.53 Å². The molecule has 0 spiro atoms. The van der Waals surface area contributed by atoms with Gasteiger partial charge in [0.05, 0.1) is 25.7 Å². The molecule has 0 aliphatic carbocycles. The SMILES string of the molecule is O=C(O)COCC[N+]1([O-])CCN(C(c2ccccc2)c2ccc(Cl)cc2)CC1. The molecule has 0 saturated carbocycles. The number of halogens is 1. The molecule has 1 saturated heterocycles. The van der Waals surface area contributed by atoms with Crippen molar-refractivity contribution in [2.45, 2.75) is 6.04 Å². The summed E-state index contributed by atoms with van der Waals surface area (Å²) in [6, 6.07) is 18.2. The molecule has 1 aliphatic heterocycles. The fourth-order valence-electron chi connectivity index (χ4n) is 3.61. The molecule has 1 atom stereocenters. The summed E-state index contributed by atoms with van der Waals surface area (Å²) >= 11 is 6.06. The number of carboxylic acid groups (broad SMARTS) is 1. The van der Waals surface area contributed by atoms with Gasteiger partial charge in [-0.3, -0.25) is 4.90 Å². The van der Waals surface area contributed by atoms with Crippen LogP contribution >= 0.6 is 11.6 Å². The number of aliphatic carboxylic acids is 1. The van der Waals surface area contributed by atoms with Gasteiger partial charge in [0.25, 0.3) is 0 Å². The minimum atomic E-state index is -1.02. The van der Waals surface area contributed by atoms with Gasteiger partial charge in [-0.25, -0.2) is 4.79 Å². The Morgan fingerprint density at radius 3 is 2.32 bits per heavy atom. The zero-order valence-electron chi connectivity index (χ0n) is 15.7. The van der Waals surface area contributed by atoms with E-state index in [4.69, 9.17) is 21.4 Å². The van der Waals surface area contributed by atoms with Crippen LogP contribution in [0, 0.1) is 5.21 Å². The van der Waals surface area contributed by atoms with E-state index < -0.39 is 5.97 Å². The van der Waals surface area contributed by atoms with E-state index >= 15 is 0 Å². The fourth-order valence-corrected chi connectivity index (χ4v) is 3.74. The van der Waals surface area contributed by atoms with Gasteiger partial charge in [-0.05, 0) is 23.3 Å². The van der Waals surface area contributed by atoms with E-state index in [0.717, 1.165) is 5.56 Å². The highest BCUT2D eigenvalue weighted by Crippen LogP contribution is 2.31. The van der Waals surface area contributed by atoms with E-state index in [2.05, 4.69) is 17.0 Å². The fraction of sp³-hybridized carbons (Fsp3) is 0.381. The molecule has 6 nitrogen and oxygen atoms in total. The van der Waals surface area contributed by atoms with Crippen LogP contribution in [-0.4, -0.2) is 66.6 Å². The Morgan fingerprint density at radius 2 is 1.71 bits per heavy atom. The van der Waals surface area contributed by atoms with E-state index in [1.54, 1.807) is 0 Å². The summed E-state index contributed by atoms with van der Waals surface area (Å²) in [5, 5.41) is 22.2. The smallest absolute Gasteiger partial charge is 0.329 e. The first-order valence-electron chi connectivity index (χ1n) is 9.38. The van der Waals surface area contributed by atoms with Crippen molar-refractivity contribution in [3.63, 3.8) is 0 Å². The Kier molecular flexibility index (Phi) is 7.04. The predicted molar refractivity (Wildman–Crippen MR) is 108 cm³/mol. The van der Waals surface area contributed by atoms with Gasteiger partial charge < -0.3 is 19.7 Å². The lowest BCUT2D eigenvalue weighted by Crippen LogP contribution is -2.57. The van der Waals surface area contributed by atoms with E-state index in [0.29, 0.717) is 31.2 Å². The highest BCUT2D eigenvalue weighted by atomic mass is 35.5. The molecule has 0 radical (unpaired) electrons. The van der Waals surface area contributed by atoms with Crippen molar-refractivity contribution in [1.82, 2.24) is 4.90 Å². The predicted octanol–water partition coefficient (Wildman–Crippen LogP) is 3.16. The van der Waals surface area contributed by atoms with Crippen molar-refractivity contribution in [3.8, 4) is 0 Å². The maximum atomic E-state index is 12.9. The zero-order valence-corrected chi connectivity index (χ0v) is 16.4. The lowest BCUT2D eigenvalue weighted by atomic mass is 9.96. The topological polar surface area (TPSA) is 72.8 Å². The molecule has 1 heterocycles. The van der Waals surface area contributed by atoms with Gasteiger partial charge in [-0.1, -0.05) is 54.1 Å². The first kappa shape index (κ1) is 20.8. The Hall–Kier alpha value is -1.96. The van der Waals surface area contributed by atoms with E-state index in [1.807, 2.05) is 42.5 Å². The van der Waals surface area contributed by atoms with Crippen LogP contribution in [0.3, 0.4) is 0 Å². The summed E-state index contributed by atoms with van der Waals surface area (Å²) in [5.41, 5.74) is 2.33. The first-order valence-corrected chi connectivity index (χ1v) is 9.76. The van der Waals surface area contributed by atoms with Gasteiger partial charge in [0.2, 0.25) is 0 Å². The molecule has 2 aromatic rings. The highest BCUT2D eigenvalue weighted by Gasteiger charge is 2.31. The summed E-state index contributed by atoms with van der Waals surface area (Å²) in [4.78, 5) is 12.8. The number of hydrogen-bond donors (Lipinski definition) is 1. The van der Waals surface area contributed by atoms with Crippen LogP contribution in [0.15, 0.2) is 54.6 Å². The molecule has 3 rings (SSSR count). The lowest BCUT2D eigenvalue weighted by molar-refractivity contribution is -0.885. The number of ether oxygens (including phenoxy) is 1. The zero-order chi connectivity index (χ0) is 20.0. The van der Waals surface area contributed by atoms with Gasteiger partial charge in [0.1, 0.15) is 13.2 Å². The summed E-state index contributed by atoms with van der Waals surface area (Å²) in [6.45, 7) is 2.29. The molecule has 2 aromatic carbocycles. The van der Waals surface area contributed by atoms with E-state index in [1.165, 1.54) is 5.56 Å². The normalized spacial score (nSPS) is 17.9. The Morgan fingerprint density at radius 1 is 1.11 bits per heavy atom. The van der Waals surface area contributed by atoms with Gasteiger partial charge >= 0.3 is 5.97 Å². The van der Waals surface area contributed by atoms with Gasteiger partial charge in [-0.15, -0.1) is 0 Å². The number of carbonyl (C=O) groups is 1. The number of hydroxylamine groups is 3. The standard InChI is InChI=1S/C21H25ClN2O4/c22-19-8-6-18(7-9-19)21(17-4-2-1-3-5-17)23-10-12-24(27,13-11-23)14-15-28-16-20(25)26/h1-9,21H,10-16H2,(H,25,26). The van der Waals surface area contributed by atoms with Crippen molar-refractivity contribution < 1.29 is 19.3 Å². The van der Waals surface area contributed by atoms with Crippen molar-refractivity contribution in [3.05, 3.63) is 76.0 Å². The molecule has 150 valence electrons. The Labute approximate surface area is 170 Å². The maximum absolute atomic E-state index is 12.9. The van der Waals surface area contributed by atoms with Crippen LogP contribution in [0.5, 0.6) is 0 Å². The number of piperazine rings is 1. The van der Waals surface area contributed by atoms with Crippen molar-refractivity contribution in [1.29, 1.82) is 0 Å². The lowest BCUT2D eigenvalue weighted by Gasteiger charge is -2.49. The second-order valence-corrected chi connectivity index (χ2v) is 7.51. The molecular weight excluding hydrogens is 380 g/mol. The third-order valence-electron chi connectivity index (χ3n) is 5.12. The number of hydrogen-bond acceptors (Lipinski definition) is 4. The summed E-state index contributed by atoms with van der Waals surface area (Å²) in [5.74, 6) is -1.02. The minimum Gasteiger partial charge on any atom is -0.633 e. The summed E-state index contributed by atoms with van der Waals surface area (Å²) in [6.07, 6.45) is 0. The van der Waals surface area contributed by atoms with Crippen LogP contribution in [0.2, 0.25) is 5.02 Å². The molecule has 28 heavy (non-hydrogen) atoms. The Balaban J connectivity index is 1.68. The number of quaternary nitrogens is 1. The third-order valence-corrected chi connectivity index (χ3v) is 5.38. The molecule has 0 aromatic heterocycles. The number of benzene rings is 2. The largest absolute Gasteiger partial charge is 0.633 e. The van der Waals surface area contributed by atoms with Crippen molar-refractivity contribution in [2.75, 3.05) is 45.9 Å². The Bertz CT molecular complexity index is 762. The average Bonchev–Trinajstić information content (AvgIpc) is 2.69. The molecule has 1 fully saturated rings. The minimum absolute atomic E-state index is 0.0653. The first-order chi connectivity index (χ1) is 13.5. The monoisotopic (exact) mass is 404 g/mol. The number of carboxylic acids is 1.